The molecule has 8 heteroatoms. The molecule has 7 nitrogen and oxygen atoms in total. The Morgan fingerprint density at radius 3 is 2.09 bits per heavy atom. The molecule has 6 aromatic rings. The maximum Gasteiger partial charge on any atom is 0.337 e. The predicted molar refractivity (Wildman–Crippen MR) is 167 cm³/mol. The van der Waals surface area contributed by atoms with Crippen LogP contribution in [0, 0.1) is 5.82 Å². The number of anilines is 2. The molecule has 1 heterocycles. The molecule has 0 aliphatic rings. The van der Waals surface area contributed by atoms with E-state index in [1.54, 1.807) is 41.1 Å². The van der Waals surface area contributed by atoms with E-state index in [1.807, 2.05) is 72.8 Å². The van der Waals surface area contributed by atoms with E-state index in [9.17, 15) is 19.1 Å². The lowest BCUT2D eigenvalue weighted by atomic mass is 10.1. The lowest BCUT2D eigenvalue weighted by molar-refractivity contribution is 0.0696. The smallest absolute Gasteiger partial charge is 0.337 e. The zero-order valence-electron chi connectivity index (χ0n) is 23.7. The number of nitrogens with zero attached hydrogens (tertiary/aromatic N) is 2. The highest BCUT2D eigenvalue weighted by molar-refractivity contribution is 6.17. The Labute approximate surface area is 252 Å². The number of benzene rings is 5. The van der Waals surface area contributed by atoms with E-state index in [0.717, 1.165) is 5.56 Å². The van der Waals surface area contributed by atoms with Crippen molar-refractivity contribution < 1.29 is 28.6 Å². The molecule has 1 amide bonds. The van der Waals surface area contributed by atoms with Gasteiger partial charge in [-0.3, -0.25) is 9.69 Å². The third-order valence-corrected chi connectivity index (χ3v) is 7.25. The minimum absolute atomic E-state index is 0.0351. The van der Waals surface area contributed by atoms with Crippen LogP contribution in [-0.4, -0.2) is 28.7 Å². The maximum absolute atomic E-state index is 14.4. The number of carboxylic acids is 1. The lowest BCUT2D eigenvalue weighted by Gasteiger charge is -2.23. The topological polar surface area (TPSA) is 81.0 Å². The van der Waals surface area contributed by atoms with Gasteiger partial charge in [-0.25, -0.2) is 9.18 Å². The summed E-state index contributed by atoms with van der Waals surface area (Å²) in [5, 5.41) is 10.9. The summed E-state index contributed by atoms with van der Waals surface area (Å²) in [6.45, 7) is 0.222. The number of rotatable bonds is 9. The van der Waals surface area contributed by atoms with Crippen LogP contribution in [-0.2, 0) is 6.61 Å². The Hall–Kier alpha value is -5.89. The van der Waals surface area contributed by atoms with Crippen molar-refractivity contribution in [3.05, 3.63) is 150 Å². The van der Waals surface area contributed by atoms with Crippen LogP contribution in [0.5, 0.6) is 11.5 Å². The predicted octanol–water partition coefficient (Wildman–Crippen LogP) is 8.03. The number of hydrogen-bond donors (Lipinski definition) is 1. The zero-order valence-corrected chi connectivity index (χ0v) is 23.7. The molecule has 44 heavy (non-hydrogen) atoms. The third-order valence-electron chi connectivity index (χ3n) is 7.25. The summed E-state index contributed by atoms with van der Waals surface area (Å²) in [4.78, 5) is 28.5. The number of para-hydroxylation sites is 2. The Kier molecular flexibility index (Phi) is 7.80. The number of halogens is 1. The number of fused-ring (bicyclic) bond motifs is 1. The Morgan fingerprint density at radius 2 is 1.41 bits per heavy atom. The quantitative estimate of drug-likeness (QED) is 0.186. The first-order chi connectivity index (χ1) is 21.4. The lowest BCUT2D eigenvalue weighted by Crippen LogP contribution is -2.25. The van der Waals surface area contributed by atoms with E-state index in [-0.39, 0.29) is 23.8 Å². The SMILES string of the molecule is COc1cc(-n2cc(C(=O)N(c3ccccc3)c3ccc(F)cc3)c3ccccc32)c(C(=O)O)cc1OCc1ccccc1. The molecule has 0 spiro atoms. The van der Waals surface area contributed by atoms with Crippen molar-refractivity contribution in [1.82, 2.24) is 4.57 Å². The van der Waals surface area contributed by atoms with Crippen LogP contribution in [0.15, 0.2) is 128 Å². The fraction of sp³-hybridized carbons (Fsp3) is 0.0556. The second kappa shape index (κ2) is 12.1. The number of amides is 1. The summed E-state index contributed by atoms with van der Waals surface area (Å²) in [7, 11) is 1.48. The highest BCUT2D eigenvalue weighted by atomic mass is 19.1. The normalized spacial score (nSPS) is 10.9. The number of carbonyl (C=O) groups is 2. The molecule has 0 aliphatic heterocycles. The van der Waals surface area contributed by atoms with Gasteiger partial charge in [-0.15, -0.1) is 0 Å². The monoisotopic (exact) mass is 586 g/mol. The molecule has 1 N–H and O–H groups in total. The number of aromatic nitrogens is 1. The van der Waals surface area contributed by atoms with Gasteiger partial charge in [0.2, 0.25) is 0 Å². The average Bonchev–Trinajstić information content (AvgIpc) is 3.45. The van der Waals surface area contributed by atoms with E-state index in [0.29, 0.717) is 39.3 Å². The van der Waals surface area contributed by atoms with Crippen molar-refractivity contribution in [3.63, 3.8) is 0 Å². The van der Waals surface area contributed by atoms with Crippen LogP contribution in [0.2, 0.25) is 0 Å². The van der Waals surface area contributed by atoms with Crippen molar-refractivity contribution in [1.29, 1.82) is 0 Å². The van der Waals surface area contributed by atoms with Gasteiger partial charge in [0.15, 0.2) is 11.5 Å². The van der Waals surface area contributed by atoms with Crippen molar-refractivity contribution in [2.24, 2.45) is 0 Å². The number of carbonyl (C=O) groups excluding carboxylic acids is 1. The number of hydrogen-bond acceptors (Lipinski definition) is 4. The molecule has 0 aliphatic carbocycles. The molecule has 0 saturated heterocycles. The highest BCUT2D eigenvalue weighted by Gasteiger charge is 2.26. The van der Waals surface area contributed by atoms with Crippen molar-refractivity contribution in [3.8, 4) is 17.2 Å². The van der Waals surface area contributed by atoms with E-state index < -0.39 is 11.8 Å². The Balaban J connectivity index is 1.48. The second-order valence-corrected chi connectivity index (χ2v) is 9.98. The van der Waals surface area contributed by atoms with Gasteiger partial charge in [0.25, 0.3) is 5.91 Å². The van der Waals surface area contributed by atoms with E-state index >= 15 is 0 Å². The molecule has 1 aromatic heterocycles. The van der Waals surface area contributed by atoms with Crippen LogP contribution in [0.25, 0.3) is 16.6 Å². The number of carboxylic acid groups (broad SMARTS) is 1. The summed E-state index contributed by atoms with van der Waals surface area (Å²) >= 11 is 0. The molecule has 0 fully saturated rings. The van der Waals surface area contributed by atoms with Gasteiger partial charge in [0.1, 0.15) is 12.4 Å². The first-order valence-electron chi connectivity index (χ1n) is 13.8. The molecular weight excluding hydrogens is 559 g/mol. The average molecular weight is 587 g/mol. The Bertz CT molecular complexity index is 1950. The van der Waals surface area contributed by atoms with Gasteiger partial charge in [-0.2, -0.15) is 0 Å². The largest absolute Gasteiger partial charge is 0.493 e. The third kappa shape index (κ3) is 5.48. The fourth-order valence-electron chi connectivity index (χ4n) is 5.15. The summed E-state index contributed by atoms with van der Waals surface area (Å²) in [6.07, 6.45) is 1.62. The van der Waals surface area contributed by atoms with E-state index in [2.05, 4.69) is 0 Å². The highest BCUT2D eigenvalue weighted by Crippen LogP contribution is 2.37. The van der Waals surface area contributed by atoms with Crippen LogP contribution in [0.4, 0.5) is 15.8 Å². The number of ether oxygens (including phenoxy) is 2. The molecule has 218 valence electrons. The molecule has 0 radical (unpaired) electrons. The molecule has 0 bridgehead atoms. The molecule has 6 rings (SSSR count). The van der Waals surface area contributed by atoms with Gasteiger partial charge in [-0.1, -0.05) is 66.7 Å². The van der Waals surface area contributed by atoms with Gasteiger partial charge in [0.05, 0.1) is 29.4 Å². The van der Waals surface area contributed by atoms with Crippen LogP contribution in [0.3, 0.4) is 0 Å². The summed E-state index contributed by atoms with van der Waals surface area (Å²) in [6, 6.07) is 34.5. The van der Waals surface area contributed by atoms with Gasteiger partial charge in [0, 0.05) is 35.1 Å². The first kappa shape index (κ1) is 28.2. The van der Waals surface area contributed by atoms with Crippen molar-refractivity contribution in [2.45, 2.75) is 6.61 Å². The summed E-state index contributed by atoms with van der Waals surface area (Å²) in [5.41, 5.74) is 3.19. The summed E-state index contributed by atoms with van der Waals surface area (Å²) < 4.78 is 27.1. The van der Waals surface area contributed by atoms with Crippen LogP contribution >= 0.6 is 0 Å². The first-order valence-corrected chi connectivity index (χ1v) is 13.8. The van der Waals surface area contributed by atoms with Crippen LogP contribution in [0.1, 0.15) is 26.3 Å². The van der Waals surface area contributed by atoms with Gasteiger partial charge >= 0.3 is 5.97 Å². The van der Waals surface area contributed by atoms with Crippen molar-refractivity contribution >= 4 is 34.2 Å². The van der Waals surface area contributed by atoms with E-state index in [4.69, 9.17) is 9.47 Å². The molecule has 5 aromatic carbocycles. The van der Waals surface area contributed by atoms with Crippen molar-refractivity contribution in [2.75, 3.05) is 12.0 Å². The molecule has 0 atom stereocenters. The maximum atomic E-state index is 14.4. The number of methoxy groups -OCH3 is 1. The summed E-state index contributed by atoms with van der Waals surface area (Å²) in [5.74, 6) is -1.35. The zero-order chi connectivity index (χ0) is 30.6. The molecule has 0 saturated carbocycles. The molecule has 0 unspecified atom stereocenters. The van der Waals surface area contributed by atoms with Crippen LogP contribution < -0.4 is 14.4 Å². The van der Waals surface area contributed by atoms with Gasteiger partial charge in [-0.05, 0) is 48.0 Å². The minimum atomic E-state index is -1.17. The van der Waals surface area contributed by atoms with Gasteiger partial charge < -0.3 is 19.1 Å². The minimum Gasteiger partial charge on any atom is -0.493 e. The number of aromatic carboxylic acids is 1. The molecular formula is C36H27FN2O5. The Morgan fingerprint density at radius 1 is 0.773 bits per heavy atom. The fourth-order valence-corrected chi connectivity index (χ4v) is 5.15. The van der Waals surface area contributed by atoms with E-state index in [1.165, 1.54) is 30.2 Å². The second-order valence-electron chi connectivity index (χ2n) is 9.98. The standard InChI is InChI=1S/C36H27FN2O5/c1-43-33-21-32(29(36(41)42)20-34(33)44-23-24-10-4-2-5-11-24)38-22-30(28-14-8-9-15-31(28)38)35(40)39(26-12-6-3-7-13-26)27-18-16-25(37)17-19-27/h2-22H,23H2,1H3,(H,41,42).